The van der Waals surface area contributed by atoms with Crippen molar-refractivity contribution in [3.05, 3.63) is 42.2 Å². The molecule has 0 saturated carbocycles. The molecule has 0 spiro atoms. The zero-order chi connectivity index (χ0) is 24.8. The van der Waals surface area contributed by atoms with E-state index in [1.54, 1.807) is 14.9 Å². The van der Waals surface area contributed by atoms with Crippen LogP contribution >= 0.6 is 0 Å². The monoisotopic (exact) mass is 484 g/mol. The van der Waals surface area contributed by atoms with Gasteiger partial charge < -0.3 is 19.1 Å². The summed E-state index contributed by atoms with van der Waals surface area (Å²) < 4.78 is 30.6. The van der Waals surface area contributed by atoms with Gasteiger partial charge in [0.25, 0.3) is 0 Å². The number of para-hydroxylation sites is 1. The third kappa shape index (κ3) is 5.96. The number of piperidine rings is 1. The highest BCUT2D eigenvalue weighted by atomic mass is 19.1. The number of rotatable bonds is 6. The molecule has 2 aliphatic rings. The largest absolute Gasteiger partial charge is 0.473 e. The summed E-state index contributed by atoms with van der Waals surface area (Å²) in [4.78, 5) is 22.4. The van der Waals surface area contributed by atoms with E-state index in [-0.39, 0.29) is 42.9 Å². The highest BCUT2D eigenvalue weighted by Crippen LogP contribution is 2.33. The minimum absolute atomic E-state index is 0.00904. The Labute approximate surface area is 203 Å². The van der Waals surface area contributed by atoms with Crippen molar-refractivity contribution in [3.63, 3.8) is 0 Å². The standard InChI is InChI=1S/C24H29FN6O4/c1-17(2)34-24(32)29-10-8-19(9-11-29)35-23-20(14-26)22(27-16-28-23)31(18-6-4-3-5-7-18)30-12-13-33-21(25)15-30/h3-7,16-17,19,21H,8-13,15H2,1-2H3. The summed E-state index contributed by atoms with van der Waals surface area (Å²) in [5.74, 6) is 0.461. The quantitative estimate of drug-likeness (QED) is 0.610. The minimum atomic E-state index is -1.45. The van der Waals surface area contributed by atoms with E-state index in [2.05, 4.69) is 16.0 Å². The number of alkyl halides is 1. The van der Waals surface area contributed by atoms with Crippen LogP contribution < -0.4 is 9.75 Å². The van der Waals surface area contributed by atoms with E-state index >= 15 is 0 Å². The van der Waals surface area contributed by atoms with Gasteiger partial charge in [-0.2, -0.15) is 5.26 Å². The normalized spacial score (nSPS) is 19.3. The second-order valence-corrected chi connectivity index (χ2v) is 8.57. The fourth-order valence-corrected chi connectivity index (χ4v) is 4.06. The molecule has 2 saturated heterocycles. The predicted octanol–water partition coefficient (Wildman–Crippen LogP) is 3.42. The summed E-state index contributed by atoms with van der Waals surface area (Å²) >= 11 is 0. The number of hydrogen-bond donors (Lipinski definition) is 0. The molecule has 1 unspecified atom stereocenters. The van der Waals surface area contributed by atoms with Gasteiger partial charge in [0.15, 0.2) is 11.4 Å². The third-order valence-electron chi connectivity index (χ3n) is 5.71. The van der Waals surface area contributed by atoms with E-state index in [1.165, 1.54) is 6.33 Å². The average Bonchev–Trinajstić information content (AvgIpc) is 2.85. The Balaban J connectivity index is 1.55. The number of ether oxygens (including phenoxy) is 3. The van der Waals surface area contributed by atoms with E-state index < -0.39 is 6.36 Å². The maximum atomic E-state index is 14.1. The maximum absolute atomic E-state index is 14.1. The van der Waals surface area contributed by atoms with Crippen molar-refractivity contribution in [2.24, 2.45) is 0 Å². The van der Waals surface area contributed by atoms with Gasteiger partial charge in [-0.3, -0.25) is 5.01 Å². The molecule has 0 radical (unpaired) electrons. The van der Waals surface area contributed by atoms with Crippen molar-refractivity contribution in [1.82, 2.24) is 19.9 Å². The molecule has 1 aromatic heterocycles. The lowest BCUT2D eigenvalue weighted by Crippen LogP contribution is -2.49. The molecule has 0 aliphatic carbocycles. The zero-order valence-electron chi connectivity index (χ0n) is 19.8. The van der Waals surface area contributed by atoms with Crippen molar-refractivity contribution in [1.29, 1.82) is 5.26 Å². The topological polar surface area (TPSA) is 104 Å². The van der Waals surface area contributed by atoms with Crippen molar-refractivity contribution >= 4 is 17.6 Å². The first-order chi connectivity index (χ1) is 17.0. The predicted molar refractivity (Wildman–Crippen MR) is 125 cm³/mol. The highest BCUT2D eigenvalue weighted by molar-refractivity contribution is 5.68. The number of halogens is 1. The van der Waals surface area contributed by atoms with E-state index in [1.807, 2.05) is 44.2 Å². The van der Waals surface area contributed by atoms with Gasteiger partial charge in [-0.05, 0) is 26.0 Å². The summed E-state index contributed by atoms with van der Waals surface area (Å²) in [6, 6.07) is 11.5. The second-order valence-electron chi connectivity index (χ2n) is 8.57. The Hall–Kier alpha value is -3.49. The number of anilines is 2. The number of morpholine rings is 1. The lowest BCUT2D eigenvalue weighted by molar-refractivity contribution is -0.0982. The number of nitrogens with zero attached hydrogens (tertiary/aromatic N) is 6. The molecule has 35 heavy (non-hydrogen) atoms. The molecule has 186 valence electrons. The van der Waals surface area contributed by atoms with Crippen LogP contribution in [0.2, 0.25) is 0 Å². The number of hydrazine groups is 1. The van der Waals surface area contributed by atoms with Crippen molar-refractivity contribution in [2.75, 3.05) is 37.8 Å². The Bertz CT molecular complexity index is 1040. The molecular weight excluding hydrogens is 455 g/mol. The van der Waals surface area contributed by atoms with Crippen LogP contribution in [0.5, 0.6) is 5.88 Å². The van der Waals surface area contributed by atoms with Gasteiger partial charge in [0.05, 0.1) is 24.9 Å². The molecule has 4 rings (SSSR count). The van der Waals surface area contributed by atoms with Crippen LogP contribution in [0.4, 0.5) is 20.7 Å². The van der Waals surface area contributed by atoms with Gasteiger partial charge in [0.2, 0.25) is 12.2 Å². The molecular formula is C24H29FN6O4. The molecule has 1 amide bonds. The number of amides is 1. The summed E-state index contributed by atoms with van der Waals surface area (Å²) in [6.45, 7) is 5.21. The van der Waals surface area contributed by atoms with Gasteiger partial charge in [0, 0.05) is 32.5 Å². The van der Waals surface area contributed by atoms with Crippen LogP contribution in [0.25, 0.3) is 0 Å². The lowest BCUT2D eigenvalue weighted by Gasteiger charge is -2.39. The highest BCUT2D eigenvalue weighted by Gasteiger charge is 2.31. The number of carbonyl (C=O) groups is 1. The van der Waals surface area contributed by atoms with Gasteiger partial charge in [-0.1, -0.05) is 18.2 Å². The SMILES string of the molecule is CC(C)OC(=O)N1CCC(Oc2ncnc(N(c3ccccc3)N3CCOC(F)C3)c2C#N)CC1. The summed E-state index contributed by atoms with van der Waals surface area (Å²) in [5.41, 5.74) is 0.875. The van der Waals surface area contributed by atoms with Crippen LogP contribution in [-0.2, 0) is 9.47 Å². The van der Waals surface area contributed by atoms with Crippen LogP contribution in [0, 0.1) is 11.3 Å². The van der Waals surface area contributed by atoms with E-state index in [9.17, 15) is 14.4 Å². The first kappa shape index (κ1) is 24.6. The number of hydrogen-bond acceptors (Lipinski definition) is 9. The molecule has 1 atom stereocenters. The number of benzene rings is 1. The lowest BCUT2D eigenvalue weighted by atomic mass is 10.1. The minimum Gasteiger partial charge on any atom is -0.473 e. The molecule has 0 bridgehead atoms. The smallest absolute Gasteiger partial charge is 0.410 e. The van der Waals surface area contributed by atoms with Crippen LogP contribution in [0.15, 0.2) is 36.7 Å². The Morgan fingerprint density at radius 3 is 2.63 bits per heavy atom. The summed E-state index contributed by atoms with van der Waals surface area (Å²) in [6.07, 6.45) is 0.294. The number of aromatic nitrogens is 2. The zero-order valence-corrected chi connectivity index (χ0v) is 19.8. The van der Waals surface area contributed by atoms with Gasteiger partial charge in [-0.15, -0.1) is 0 Å². The molecule has 2 fully saturated rings. The maximum Gasteiger partial charge on any atom is 0.410 e. The number of nitriles is 1. The third-order valence-corrected chi connectivity index (χ3v) is 5.71. The Morgan fingerprint density at radius 2 is 1.97 bits per heavy atom. The first-order valence-corrected chi connectivity index (χ1v) is 11.7. The average molecular weight is 485 g/mol. The summed E-state index contributed by atoms with van der Waals surface area (Å²) in [5, 5.41) is 13.5. The molecule has 3 heterocycles. The molecule has 10 nitrogen and oxygen atoms in total. The number of likely N-dealkylation sites (tertiary alicyclic amines) is 1. The van der Waals surface area contributed by atoms with Crippen LogP contribution in [0.3, 0.4) is 0 Å². The van der Waals surface area contributed by atoms with E-state index in [4.69, 9.17) is 14.2 Å². The second kappa shape index (κ2) is 11.3. The number of carbonyl (C=O) groups excluding carboxylic acids is 1. The fraction of sp³-hybridized carbons (Fsp3) is 0.500. The van der Waals surface area contributed by atoms with Gasteiger partial charge in [-0.25, -0.2) is 24.2 Å². The molecule has 2 aliphatic heterocycles. The Kier molecular flexibility index (Phi) is 7.94. The molecule has 1 aromatic carbocycles. The molecule has 0 N–H and O–H groups in total. The molecule has 11 heteroatoms. The van der Waals surface area contributed by atoms with E-state index in [0.717, 1.165) is 5.69 Å². The van der Waals surface area contributed by atoms with E-state index in [0.29, 0.717) is 38.3 Å². The van der Waals surface area contributed by atoms with Crippen molar-refractivity contribution in [2.45, 2.75) is 45.3 Å². The van der Waals surface area contributed by atoms with Gasteiger partial charge in [0.1, 0.15) is 18.5 Å². The summed E-state index contributed by atoms with van der Waals surface area (Å²) in [7, 11) is 0. The van der Waals surface area contributed by atoms with Crippen molar-refractivity contribution < 1.29 is 23.4 Å². The molecule has 2 aromatic rings. The first-order valence-electron chi connectivity index (χ1n) is 11.7. The van der Waals surface area contributed by atoms with Gasteiger partial charge >= 0.3 is 6.09 Å². The van der Waals surface area contributed by atoms with Crippen molar-refractivity contribution in [3.8, 4) is 11.9 Å². The fourth-order valence-electron chi connectivity index (χ4n) is 4.06. The van der Waals surface area contributed by atoms with Crippen LogP contribution in [-0.4, -0.2) is 77.3 Å². The van der Waals surface area contributed by atoms with Crippen LogP contribution in [0.1, 0.15) is 32.3 Å². The Morgan fingerprint density at radius 1 is 1.23 bits per heavy atom.